The molecule has 0 fully saturated rings. The number of aryl methyl sites for hydroxylation is 1. The molecule has 0 bridgehead atoms. The molecule has 25 heavy (non-hydrogen) atoms. The number of guanidine groups is 1. The summed E-state index contributed by atoms with van der Waals surface area (Å²) in [6, 6.07) is 7.74. The Balaban J connectivity index is 2.01. The van der Waals surface area contributed by atoms with Crippen molar-refractivity contribution in [2.75, 3.05) is 28.3 Å². The zero-order valence-electron chi connectivity index (χ0n) is 15.5. The summed E-state index contributed by atoms with van der Waals surface area (Å²) < 4.78 is 16.0. The largest absolute Gasteiger partial charge is 0.497 e. The molecule has 0 amide bonds. The van der Waals surface area contributed by atoms with Gasteiger partial charge in [-0.1, -0.05) is 12.1 Å². The molecular formula is C18H26N4O3. The zero-order chi connectivity index (χ0) is 18.2. The summed E-state index contributed by atoms with van der Waals surface area (Å²) in [6.07, 6.45) is 0.857. The molecule has 0 aliphatic carbocycles. The van der Waals surface area contributed by atoms with E-state index in [0.717, 1.165) is 40.9 Å². The van der Waals surface area contributed by atoms with E-state index in [0.29, 0.717) is 13.1 Å². The first-order valence-corrected chi connectivity index (χ1v) is 8.18. The molecule has 7 nitrogen and oxygen atoms in total. The number of aliphatic imine (C=N–C) groups is 1. The maximum atomic E-state index is 5.46. The summed E-state index contributed by atoms with van der Waals surface area (Å²) in [5, 5.41) is 7.27. The van der Waals surface area contributed by atoms with Crippen LogP contribution in [0, 0.1) is 0 Å². The van der Waals surface area contributed by atoms with Crippen molar-refractivity contribution in [1.29, 1.82) is 0 Å². The zero-order valence-corrected chi connectivity index (χ0v) is 15.5. The summed E-state index contributed by atoms with van der Waals surface area (Å²) in [5.41, 5.74) is 1.99. The smallest absolute Gasteiger partial charge is 0.194 e. The highest BCUT2D eigenvalue weighted by Crippen LogP contribution is 2.25. The number of methoxy groups -OCH3 is 2. The van der Waals surface area contributed by atoms with Gasteiger partial charge in [-0.25, -0.2) is 0 Å². The van der Waals surface area contributed by atoms with Crippen LogP contribution in [0.3, 0.4) is 0 Å². The highest BCUT2D eigenvalue weighted by atomic mass is 16.5. The van der Waals surface area contributed by atoms with E-state index < -0.39 is 0 Å². The minimum absolute atomic E-state index is 0.532. The first-order chi connectivity index (χ1) is 12.1. The first kappa shape index (κ1) is 18.6. The number of hydrogen-bond donors (Lipinski definition) is 1. The molecule has 0 atom stereocenters. The predicted octanol–water partition coefficient (Wildman–Crippen LogP) is 2.46. The van der Waals surface area contributed by atoms with Gasteiger partial charge < -0.3 is 24.2 Å². The minimum atomic E-state index is 0.532. The van der Waals surface area contributed by atoms with Gasteiger partial charge in [0.2, 0.25) is 0 Å². The van der Waals surface area contributed by atoms with E-state index in [1.807, 2.05) is 43.1 Å². The third-order valence-corrected chi connectivity index (χ3v) is 3.87. The lowest BCUT2D eigenvalue weighted by molar-refractivity contribution is 0.369. The fraction of sp³-hybridized carbons (Fsp3) is 0.444. The summed E-state index contributed by atoms with van der Waals surface area (Å²) in [5.74, 6) is 3.09. The number of hydrogen-bond acceptors (Lipinski definition) is 5. The quantitative estimate of drug-likeness (QED) is 0.613. The number of ether oxygens (including phenoxy) is 2. The number of nitrogens with zero attached hydrogens (tertiary/aromatic N) is 3. The van der Waals surface area contributed by atoms with Crippen molar-refractivity contribution in [3.05, 3.63) is 41.3 Å². The normalized spacial score (nSPS) is 11.3. The number of rotatable bonds is 7. The van der Waals surface area contributed by atoms with Gasteiger partial charge in [0.15, 0.2) is 11.7 Å². The van der Waals surface area contributed by atoms with Crippen LogP contribution in [0.1, 0.15) is 23.9 Å². The molecule has 1 N–H and O–H groups in total. The molecule has 1 aromatic heterocycles. The summed E-state index contributed by atoms with van der Waals surface area (Å²) in [7, 11) is 7.01. The fourth-order valence-corrected chi connectivity index (χ4v) is 2.47. The van der Waals surface area contributed by atoms with Gasteiger partial charge in [-0.05, 0) is 18.6 Å². The fourth-order valence-electron chi connectivity index (χ4n) is 2.47. The maximum absolute atomic E-state index is 5.46. The van der Waals surface area contributed by atoms with Gasteiger partial charge in [0.25, 0.3) is 0 Å². The predicted molar refractivity (Wildman–Crippen MR) is 97.1 cm³/mol. The van der Waals surface area contributed by atoms with Gasteiger partial charge in [-0.2, -0.15) is 0 Å². The Bertz CT molecular complexity index is 712. The lowest BCUT2D eigenvalue weighted by Crippen LogP contribution is -2.38. The average Bonchev–Trinajstić information content (AvgIpc) is 3.10. The molecule has 2 rings (SSSR count). The third kappa shape index (κ3) is 4.89. The molecule has 0 saturated heterocycles. The van der Waals surface area contributed by atoms with Crippen LogP contribution in [0.15, 0.2) is 33.8 Å². The minimum Gasteiger partial charge on any atom is -0.497 e. The van der Waals surface area contributed by atoms with E-state index in [9.17, 15) is 0 Å². The van der Waals surface area contributed by atoms with E-state index in [1.54, 1.807) is 21.3 Å². The Hall–Kier alpha value is -2.70. The van der Waals surface area contributed by atoms with Crippen molar-refractivity contribution in [2.45, 2.75) is 26.4 Å². The standard InChI is InChI=1S/C18H26N4O3/c1-6-14-9-16(25-21-14)11-20-18(19-2)22(3)12-13-7-8-15(23-4)10-17(13)24-5/h7-10H,6,11-12H2,1-5H3,(H,19,20). The van der Waals surface area contributed by atoms with Crippen LogP contribution >= 0.6 is 0 Å². The molecule has 2 aromatic rings. The van der Waals surface area contributed by atoms with Crippen LogP contribution in [0.2, 0.25) is 0 Å². The highest BCUT2D eigenvalue weighted by Gasteiger charge is 2.12. The molecule has 0 radical (unpaired) electrons. The number of benzene rings is 1. The van der Waals surface area contributed by atoms with Gasteiger partial charge in [0, 0.05) is 38.3 Å². The Morgan fingerprint density at radius 3 is 2.68 bits per heavy atom. The number of aromatic nitrogens is 1. The van der Waals surface area contributed by atoms with Crippen LogP contribution in [-0.4, -0.2) is 44.3 Å². The van der Waals surface area contributed by atoms with Crippen molar-refractivity contribution in [3.8, 4) is 11.5 Å². The summed E-state index contributed by atoms with van der Waals surface area (Å²) in [6.45, 7) is 3.22. The van der Waals surface area contributed by atoms with Crippen molar-refractivity contribution < 1.29 is 14.0 Å². The van der Waals surface area contributed by atoms with Gasteiger partial charge in [0.05, 0.1) is 26.5 Å². The first-order valence-electron chi connectivity index (χ1n) is 8.18. The van der Waals surface area contributed by atoms with Crippen LogP contribution in [0.5, 0.6) is 11.5 Å². The lowest BCUT2D eigenvalue weighted by Gasteiger charge is -2.23. The van der Waals surface area contributed by atoms with E-state index in [-0.39, 0.29) is 0 Å². The average molecular weight is 346 g/mol. The van der Waals surface area contributed by atoms with E-state index in [2.05, 4.69) is 15.5 Å². The second kappa shape index (κ2) is 8.96. The second-order valence-corrected chi connectivity index (χ2v) is 5.57. The van der Waals surface area contributed by atoms with Gasteiger partial charge in [-0.3, -0.25) is 4.99 Å². The highest BCUT2D eigenvalue weighted by molar-refractivity contribution is 5.79. The Morgan fingerprint density at radius 1 is 1.28 bits per heavy atom. The van der Waals surface area contributed by atoms with Crippen LogP contribution in [0.4, 0.5) is 0 Å². The SMILES string of the molecule is CCc1cc(CNC(=NC)N(C)Cc2ccc(OC)cc2OC)on1. The van der Waals surface area contributed by atoms with Gasteiger partial charge >= 0.3 is 0 Å². The van der Waals surface area contributed by atoms with E-state index in [4.69, 9.17) is 14.0 Å². The molecule has 136 valence electrons. The van der Waals surface area contributed by atoms with Crippen LogP contribution < -0.4 is 14.8 Å². The third-order valence-electron chi connectivity index (χ3n) is 3.87. The molecule has 1 aromatic carbocycles. The Labute approximate surface area is 148 Å². The molecule has 0 aliphatic heterocycles. The molecule has 7 heteroatoms. The van der Waals surface area contributed by atoms with Gasteiger partial charge in [0.1, 0.15) is 11.5 Å². The van der Waals surface area contributed by atoms with Crippen LogP contribution in [0.25, 0.3) is 0 Å². The van der Waals surface area contributed by atoms with Crippen molar-refractivity contribution >= 4 is 5.96 Å². The molecular weight excluding hydrogens is 320 g/mol. The Kier molecular flexibility index (Phi) is 6.68. The van der Waals surface area contributed by atoms with E-state index >= 15 is 0 Å². The summed E-state index contributed by atoms with van der Waals surface area (Å²) in [4.78, 5) is 6.33. The maximum Gasteiger partial charge on any atom is 0.194 e. The number of nitrogens with one attached hydrogen (secondary N) is 1. The molecule has 1 heterocycles. The summed E-state index contributed by atoms with van der Waals surface area (Å²) >= 11 is 0. The van der Waals surface area contributed by atoms with Crippen LogP contribution in [-0.2, 0) is 19.5 Å². The van der Waals surface area contributed by atoms with Crippen molar-refractivity contribution in [2.24, 2.45) is 4.99 Å². The topological polar surface area (TPSA) is 72.1 Å². The molecule has 0 spiro atoms. The monoisotopic (exact) mass is 346 g/mol. The van der Waals surface area contributed by atoms with Crippen molar-refractivity contribution in [3.63, 3.8) is 0 Å². The Morgan fingerprint density at radius 2 is 2.08 bits per heavy atom. The molecule has 0 unspecified atom stereocenters. The van der Waals surface area contributed by atoms with Crippen molar-refractivity contribution in [1.82, 2.24) is 15.4 Å². The lowest BCUT2D eigenvalue weighted by atomic mass is 10.2. The second-order valence-electron chi connectivity index (χ2n) is 5.57. The molecule has 0 saturated carbocycles. The van der Waals surface area contributed by atoms with Gasteiger partial charge in [-0.15, -0.1) is 0 Å². The van der Waals surface area contributed by atoms with E-state index in [1.165, 1.54) is 0 Å². The molecule has 0 aliphatic rings.